The number of nitrogens with zero attached hydrogens (tertiary/aromatic N) is 2. The highest BCUT2D eigenvalue weighted by atomic mass is 32.2. The minimum atomic E-state index is -3.14. The van der Waals surface area contributed by atoms with Crippen LogP contribution >= 0.6 is 11.3 Å². The van der Waals surface area contributed by atoms with Crippen LogP contribution in [0.15, 0.2) is 24.3 Å². The number of anilines is 1. The van der Waals surface area contributed by atoms with Crippen LogP contribution in [0.25, 0.3) is 0 Å². The van der Waals surface area contributed by atoms with Crippen molar-refractivity contribution in [3.63, 3.8) is 0 Å². The lowest BCUT2D eigenvalue weighted by Gasteiger charge is -2.06. The topological polar surface area (TPSA) is 115 Å². The SMILES string of the molecule is CCc1ccc(NC(=O)c2nnc(COC(=O)C3CCS(=O)(=O)C3)s2)cc1. The molecule has 3 rings (SSSR count). The monoisotopic (exact) mass is 409 g/mol. The van der Waals surface area contributed by atoms with Gasteiger partial charge in [0.05, 0.1) is 17.4 Å². The van der Waals surface area contributed by atoms with E-state index in [2.05, 4.69) is 22.4 Å². The van der Waals surface area contributed by atoms with Gasteiger partial charge in [-0.2, -0.15) is 0 Å². The zero-order chi connectivity index (χ0) is 19.4. The normalized spacial score (nSPS) is 18.2. The molecule has 0 spiro atoms. The predicted octanol–water partition coefficient (Wildman–Crippen LogP) is 1.83. The highest BCUT2D eigenvalue weighted by Gasteiger charge is 2.34. The minimum absolute atomic E-state index is 0.00906. The molecular formula is C17H19N3O5S2. The van der Waals surface area contributed by atoms with Crippen LogP contribution in [0.5, 0.6) is 0 Å². The van der Waals surface area contributed by atoms with Gasteiger partial charge >= 0.3 is 5.97 Å². The first kappa shape index (κ1) is 19.4. The number of aromatic nitrogens is 2. The van der Waals surface area contributed by atoms with Crippen LogP contribution in [0.2, 0.25) is 0 Å². The van der Waals surface area contributed by atoms with E-state index < -0.39 is 27.6 Å². The van der Waals surface area contributed by atoms with Gasteiger partial charge in [-0.15, -0.1) is 10.2 Å². The Morgan fingerprint density at radius 1 is 1.26 bits per heavy atom. The largest absolute Gasteiger partial charge is 0.458 e. The van der Waals surface area contributed by atoms with Gasteiger partial charge < -0.3 is 10.1 Å². The summed E-state index contributed by atoms with van der Waals surface area (Å²) in [4.78, 5) is 24.2. The number of benzene rings is 1. The summed E-state index contributed by atoms with van der Waals surface area (Å²) in [5.74, 6) is -1.75. The molecule has 144 valence electrons. The highest BCUT2D eigenvalue weighted by molar-refractivity contribution is 7.91. The fourth-order valence-corrected chi connectivity index (χ4v) is 5.02. The van der Waals surface area contributed by atoms with Gasteiger partial charge in [0.15, 0.2) is 14.8 Å². The predicted molar refractivity (Wildman–Crippen MR) is 100 cm³/mol. The Hall–Kier alpha value is -2.33. The average Bonchev–Trinajstić information content (AvgIpc) is 3.26. The van der Waals surface area contributed by atoms with Crippen molar-refractivity contribution in [1.82, 2.24) is 10.2 Å². The maximum absolute atomic E-state index is 12.2. The van der Waals surface area contributed by atoms with Gasteiger partial charge in [0.2, 0.25) is 5.01 Å². The van der Waals surface area contributed by atoms with E-state index in [1.54, 1.807) is 0 Å². The van der Waals surface area contributed by atoms with E-state index in [-0.39, 0.29) is 29.5 Å². The number of carbonyl (C=O) groups is 2. The molecule has 10 heteroatoms. The fourth-order valence-electron chi connectivity index (χ4n) is 2.64. The van der Waals surface area contributed by atoms with Gasteiger partial charge in [-0.3, -0.25) is 9.59 Å². The van der Waals surface area contributed by atoms with Crippen molar-refractivity contribution in [2.24, 2.45) is 5.92 Å². The first-order chi connectivity index (χ1) is 12.9. The van der Waals surface area contributed by atoms with E-state index in [1.807, 2.05) is 24.3 Å². The Balaban J connectivity index is 1.53. The molecular weight excluding hydrogens is 390 g/mol. The van der Waals surface area contributed by atoms with Gasteiger partial charge in [0.25, 0.3) is 5.91 Å². The number of carbonyl (C=O) groups excluding carboxylic acids is 2. The molecule has 1 aliphatic heterocycles. The quantitative estimate of drug-likeness (QED) is 0.724. The van der Waals surface area contributed by atoms with Gasteiger partial charge in [-0.25, -0.2) is 8.42 Å². The van der Waals surface area contributed by atoms with Crippen molar-refractivity contribution in [3.8, 4) is 0 Å². The molecule has 1 unspecified atom stereocenters. The maximum Gasteiger partial charge on any atom is 0.310 e. The number of nitrogens with one attached hydrogen (secondary N) is 1. The number of ether oxygens (including phenoxy) is 1. The summed E-state index contributed by atoms with van der Waals surface area (Å²) in [5, 5.41) is 10.9. The number of hydrogen-bond acceptors (Lipinski definition) is 8. The summed E-state index contributed by atoms with van der Waals surface area (Å²) in [6.45, 7) is 1.92. The fraction of sp³-hybridized carbons (Fsp3) is 0.412. The summed E-state index contributed by atoms with van der Waals surface area (Å²) in [7, 11) is -3.14. The summed E-state index contributed by atoms with van der Waals surface area (Å²) in [5.41, 5.74) is 1.82. The molecule has 1 aliphatic rings. The lowest BCUT2D eigenvalue weighted by molar-refractivity contribution is -0.149. The van der Waals surface area contributed by atoms with E-state index >= 15 is 0 Å². The summed E-state index contributed by atoms with van der Waals surface area (Å²) >= 11 is 1.02. The third kappa shape index (κ3) is 5.10. The smallest absolute Gasteiger partial charge is 0.310 e. The van der Waals surface area contributed by atoms with Crippen LogP contribution in [-0.2, 0) is 32.4 Å². The summed E-state index contributed by atoms with van der Waals surface area (Å²) in [6, 6.07) is 7.50. The Morgan fingerprint density at radius 3 is 2.63 bits per heavy atom. The molecule has 1 aromatic carbocycles. The van der Waals surface area contributed by atoms with E-state index in [9.17, 15) is 18.0 Å². The van der Waals surface area contributed by atoms with Crippen molar-refractivity contribution >= 4 is 38.7 Å². The van der Waals surface area contributed by atoms with Crippen LogP contribution in [0.3, 0.4) is 0 Å². The van der Waals surface area contributed by atoms with Gasteiger partial charge in [0.1, 0.15) is 6.61 Å². The standard InChI is InChI=1S/C17H19N3O5S2/c1-2-11-3-5-13(6-4-11)18-15(21)16-20-19-14(26-16)9-25-17(22)12-7-8-27(23,24)10-12/h3-6,12H,2,7-10H2,1H3,(H,18,21). The lowest BCUT2D eigenvalue weighted by atomic mass is 10.1. The molecule has 1 saturated heterocycles. The summed E-state index contributed by atoms with van der Waals surface area (Å²) in [6.07, 6.45) is 1.20. The number of rotatable bonds is 6. The van der Waals surface area contributed by atoms with Gasteiger partial charge in [-0.05, 0) is 30.5 Å². The van der Waals surface area contributed by atoms with Gasteiger partial charge in [-0.1, -0.05) is 30.4 Å². The zero-order valence-electron chi connectivity index (χ0n) is 14.7. The zero-order valence-corrected chi connectivity index (χ0v) is 16.3. The molecule has 0 saturated carbocycles. The lowest BCUT2D eigenvalue weighted by Crippen LogP contribution is -2.18. The van der Waals surface area contributed by atoms with Crippen LogP contribution in [0.4, 0.5) is 5.69 Å². The Morgan fingerprint density at radius 2 is 2.00 bits per heavy atom. The molecule has 1 aromatic heterocycles. The molecule has 2 heterocycles. The Kier molecular flexibility index (Phi) is 5.85. The third-order valence-corrected chi connectivity index (χ3v) is 6.85. The first-order valence-corrected chi connectivity index (χ1v) is 11.1. The molecule has 0 aliphatic carbocycles. The second kappa shape index (κ2) is 8.13. The first-order valence-electron chi connectivity index (χ1n) is 8.46. The third-order valence-electron chi connectivity index (χ3n) is 4.18. The van der Waals surface area contributed by atoms with Crippen molar-refractivity contribution in [3.05, 3.63) is 39.8 Å². The second-order valence-corrected chi connectivity index (χ2v) is 9.50. The highest BCUT2D eigenvalue weighted by Crippen LogP contribution is 2.21. The second-order valence-electron chi connectivity index (χ2n) is 6.21. The number of hydrogen-bond donors (Lipinski definition) is 1. The van der Waals surface area contributed by atoms with E-state index in [0.717, 1.165) is 17.8 Å². The average molecular weight is 409 g/mol. The van der Waals surface area contributed by atoms with Crippen LogP contribution in [-0.4, -0.2) is 42.0 Å². The number of sulfone groups is 1. The molecule has 1 N–H and O–H groups in total. The summed E-state index contributed by atoms with van der Waals surface area (Å²) < 4.78 is 27.9. The number of aryl methyl sites for hydroxylation is 1. The van der Waals surface area contributed by atoms with Crippen molar-refractivity contribution in [2.75, 3.05) is 16.8 Å². The van der Waals surface area contributed by atoms with Crippen LogP contribution in [0.1, 0.15) is 33.7 Å². The maximum atomic E-state index is 12.2. The van der Waals surface area contributed by atoms with Gasteiger partial charge in [0, 0.05) is 5.69 Å². The van der Waals surface area contributed by atoms with Crippen molar-refractivity contribution in [2.45, 2.75) is 26.4 Å². The Labute approximate surface area is 160 Å². The minimum Gasteiger partial charge on any atom is -0.458 e. The van der Waals surface area contributed by atoms with Crippen molar-refractivity contribution in [1.29, 1.82) is 0 Å². The molecule has 8 nitrogen and oxygen atoms in total. The van der Waals surface area contributed by atoms with E-state index in [4.69, 9.17) is 4.74 Å². The number of esters is 1. The molecule has 1 fully saturated rings. The van der Waals surface area contributed by atoms with E-state index in [1.165, 1.54) is 5.56 Å². The molecule has 0 bridgehead atoms. The molecule has 0 radical (unpaired) electrons. The number of amides is 1. The van der Waals surface area contributed by atoms with Crippen molar-refractivity contribution < 1.29 is 22.7 Å². The molecule has 27 heavy (non-hydrogen) atoms. The molecule has 1 atom stereocenters. The van der Waals surface area contributed by atoms with Crippen LogP contribution in [0, 0.1) is 5.92 Å². The molecule has 1 amide bonds. The Bertz CT molecular complexity index is 938. The van der Waals surface area contributed by atoms with Crippen LogP contribution < -0.4 is 5.32 Å². The van der Waals surface area contributed by atoms with E-state index in [0.29, 0.717) is 10.7 Å². The molecule has 2 aromatic rings.